The number of nitro groups is 1. The fourth-order valence-corrected chi connectivity index (χ4v) is 3.72. The van der Waals surface area contributed by atoms with Crippen molar-refractivity contribution in [2.75, 3.05) is 6.61 Å². The van der Waals surface area contributed by atoms with Crippen LogP contribution in [0, 0.1) is 20.6 Å². The molecular weight excluding hydrogens is 527 g/mol. The summed E-state index contributed by atoms with van der Waals surface area (Å²) in [5.41, 5.74) is 1.60. The van der Waals surface area contributed by atoms with Gasteiger partial charge in [0.15, 0.2) is 17.2 Å². The Morgan fingerprint density at radius 2 is 2.03 bits per heavy atom. The number of ether oxygens (including phenoxy) is 3. The van der Waals surface area contributed by atoms with E-state index in [0.717, 1.165) is 9.99 Å². The van der Waals surface area contributed by atoms with E-state index in [1.165, 1.54) is 6.07 Å². The van der Waals surface area contributed by atoms with Gasteiger partial charge in [-0.2, -0.15) is 0 Å². The van der Waals surface area contributed by atoms with E-state index < -0.39 is 10.9 Å². The standard InChI is InChI=1S/C23H23IN2O6/c1-5-14(4)31-21-17(24)9-15(11-20(21)30-6-2)10-18-23(27)32-22(25-18)16-8-7-13(3)19(12-16)26(28)29/h7-12,14H,5-6H2,1-4H3/b18-10-. The first-order chi connectivity index (χ1) is 15.2. The fraction of sp³-hybridized carbons (Fsp3) is 0.304. The second-order valence-corrected chi connectivity index (χ2v) is 8.36. The Labute approximate surface area is 199 Å². The molecule has 168 valence electrons. The average Bonchev–Trinajstić information content (AvgIpc) is 3.10. The van der Waals surface area contributed by atoms with Gasteiger partial charge in [0.25, 0.3) is 5.69 Å². The molecular formula is C23H23IN2O6. The first kappa shape index (κ1) is 23.7. The van der Waals surface area contributed by atoms with Gasteiger partial charge < -0.3 is 14.2 Å². The zero-order valence-corrected chi connectivity index (χ0v) is 20.3. The number of esters is 1. The summed E-state index contributed by atoms with van der Waals surface area (Å²) in [7, 11) is 0. The molecule has 1 unspecified atom stereocenters. The van der Waals surface area contributed by atoms with E-state index in [-0.39, 0.29) is 23.4 Å². The van der Waals surface area contributed by atoms with Gasteiger partial charge >= 0.3 is 5.97 Å². The molecule has 1 atom stereocenters. The zero-order chi connectivity index (χ0) is 23.4. The lowest BCUT2D eigenvalue weighted by molar-refractivity contribution is -0.385. The third kappa shape index (κ3) is 5.26. The molecule has 0 fully saturated rings. The van der Waals surface area contributed by atoms with Crippen molar-refractivity contribution in [2.45, 2.75) is 40.2 Å². The molecule has 0 bridgehead atoms. The van der Waals surface area contributed by atoms with Gasteiger partial charge in [-0.3, -0.25) is 10.1 Å². The molecule has 0 aromatic heterocycles. The van der Waals surface area contributed by atoms with Gasteiger partial charge in [-0.05, 0) is 79.6 Å². The minimum absolute atomic E-state index is 0.0285. The van der Waals surface area contributed by atoms with Crippen LogP contribution < -0.4 is 9.47 Å². The maximum absolute atomic E-state index is 12.4. The number of aryl methyl sites for hydroxylation is 1. The summed E-state index contributed by atoms with van der Waals surface area (Å²) >= 11 is 2.17. The summed E-state index contributed by atoms with van der Waals surface area (Å²) in [6.45, 7) is 8.02. The highest BCUT2D eigenvalue weighted by Gasteiger charge is 2.26. The molecule has 1 heterocycles. The van der Waals surface area contributed by atoms with Crippen molar-refractivity contribution in [3.8, 4) is 11.5 Å². The number of cyclic esters (lactones) is 1. The number of benzene rings is 2. The SMILES string of the molecule is CCOc1cc(/C=C2\N=C(c3ccc(C)c([N+](=O)[O-])c3)OC2=O)cc(I)c1OC(C)CC. The van der Waals surface area contributed by atoms with E-state index in [1.807, 2.05) is 26.8 Å². The largest absolute Gasteiger partial charge is 0.490 e. The Morgan fingerprint density at radius 3 is 2.69 bits per heavy atom. The number of carbonyl (C=O) groups is 1. The Morgan fingerprint density at radius 1 is 1.28 bits per heavy atom. The number of hydrogen-bond donors (Lipinski definition) is 0. The summed E-state index contributed by atoms with van der Waals surface area (Å²) in [4.78, 5) is 27.4. The first-order valence-corrected chi connectivity index (χ1v) is 11.2. The van der Waals surface area contributed by atoms with Crippen molar-refractivity contribution in [1.29, 1.82) is 0 Å². The van der Waals surface area contributed by atoms with Crippen LogP contribution in [0.2, 0.25) is 0 Å². The number of halogens is 1. The zero-order valence-electron chi connectivity index (χ0n) is 18.2. The van der Waals surface area contributed by atoms with Crippen LogP contribution in [0.3, 0.4) is 0 Å². The van der Waals surface area contributed by atoms with Gasteiger partial charge in [0.2, 0.25) is 5.90 Å². The minimum Gasteiger partial charge on any atom is -0.490 e. The maximum atomic E-state index is 12.4. The molecule has 2 aromatic rings. The third-order valence-electron chi connectivity index (χ3n) is 4.80. The summed E-state index contributed by atoms with van der Waals surface area (Å²) in [6, 6.07) is 8.23. The van der Waals surface area contributed by atoms with Crippen LogP contribution in [-0.4, -0.2) is 29.5 Å². The molecule has 0 spiro atoms. The number of carbonyl (C=O) groups excluding carboxylic acids is 1. The van der Waals surface area contributed by atoms with Crippen molar-refractivity contribution in [1.82, 2.24) is 0 Å². The summed E-state index contributed by atoms with van der Waals surface area (Å²) < 4.78 is 17.9. The molecule has 9 heteroatoms. The predicted molar refractivity (Wildman–Crippen MR) is 129 cm³/mol. The number of nitrogens with zero attached hydrogens (tertiary/aromatic N) is 2. The number of aliphatic imine (C=N–C) groups is 1. The van der Waals surface area contributed by atoms with E-state index >= 15 is 0 Å². The van der Waals surface area contributed by atoms with Crippen LogP contribution in [0.25, 0.3) is 6.08 Å². The van der Waals surface area contributed by atoms with Crippen LogP contribution in [0.15, 0.2) is 41.0 Å². The van der Waals surface area contributed by atoms with Crippen molar-refractivity contribution in [2.24, 2.45) is 4.99 Å². The van der Waals surface area contributed by atoms with Crippen LogP contribution >= 0.6 is 22.6 Å². The highest BCUT2D eigenvalue weighted by molar-refractivity contribution is 14.1. The fourth-order valence-electron chi connectivity index (χ4n) is 2.96. The lowest BCUT2D eigenvalue weighted by Crippen LogP contribution is -2.12. The van der Waals surface area contributed by atoms with E-state index in [9.17, 15) is 14.9 Å². The van der Waals surface area contributed by atoms with E-state index in [2.05, 4.69) is 27.6 Å². The molecule has 3 rings (SSSR count). The molecule has 0 radical (unpaired) electrons. The number of hydrogen-bond acceptors (Lipinski definition) is 7. The summed E-state index contributed by atoms with van der Waals surface area (Å²) in [5, 5.41) is 11.2. The molecule has 0 saturated carbocycles. The van der Waals surface area contributed by atoms with Crippen molar-refractivity contribution >= 4 is 46.2 Å². The highest BCUT2D eigenvalue weighted by atomic mass is 127. The van der Waals surface area contributed by atoms with Gasteiger partial charge in [0.1, 0.15) is 0 Å². The normalized spacial score (nSPS) is 15.3. The molecule has 1 aliphatic heterocycles. The summed E-state index contributed by atoms with van der Waals surface area (Å²) in [5.74, 6) is 0.641. The number of nitro benzene ring substituents is 1. The smallest absolute Gasteiger partial charge is 0.363 e. The molecule has 32 heavy (non-hydrogen) atoms. The second kappa shape index (κ2) is 10.1. The Hall–Kier alpha value is -2.95. The summed E-state index contributed by atoms with van der Waals surface area (Å²) in [6.07, 6.45) is 2.48. The third-order valence-corrected chi connectivity index (χ3v) is 5.60. The van der Waals surface area contributed by atoms with Crippen molar-refractivity contribution < 1.29 is 23.9 Å². The van der Waals surface area contributed by atoms with Crippen LogP contribution in [-0.2, 0) is 9.53 Å². The minimum atomic E-state index is -0.629. The van der Waals surface area contributed by atoms with Crippen LogP contribution in [0.5, 0.6) is 11.5 Å². The van der Waals surface area contributed by atoms with E-state index in [0.29, 0.717) is 34.8 Å². The number of rotatable bonds is 8. The second-order valence-electron chi connectivity index (χ2n) is 7.19. The van der Waals surface area contributed by atoms with Crippen LogP contribution in [0.1, 0.15) is 43.9 Å². The Bertz CT molecular complexity index is 1130. The van der Waals surface area contributed by atoms with Gasteiger partial charge in [-0.15, -0.1) is 0 Å². The molecule has 8 nitrogen and oxygen atoms in total. The maximum Gasteiger partial charge on any atom is 0.363 e. The molecule has 0 N–H and O–H groups in total. The lowest BCUT2D eigenvalue weighted by Gasteiger charge is -2.18. The molecule has 0 saturated heterocycles. The molecule has 1 aliphatic rings. The van der Waals surface area contributed by atoms with Gasteiger partial charge in [-0.1, -0.05) is 13.0 Å². The van der Waals surface area contributed by atoms with Gasteiger partial charge in [0, 0.05) is 17.2 Å². The van der Waals surface area contributed by atoms with Gasteiger partial charge in [0.05, 0.1) is 21.2 Å². The first-order valence-electron chi connectivity index (χ1n) is 10.1. The topological polar surface area (TPSA) is 100 Å². The van der Waals surface area contributed by atoms with Crippen molar-refractivity contribution in [3.05, 3.63) is 66.4 Å². The Balaban J connectivity index is 1.97. The van der Waals surface area contributed by atoms with Gasteiger partial charge in [-0.25, -0.2) is 9.79 Å². The predicted octanol–water partition coefficient (Wildman–Crippen LogP) is 5.43. The molecule has 2 aromatic carbocycles. The van der Waals surface area contributed by atoms with E-state index in [4.69, 9.17) is 14.2 Å². The highest BCUT2D eigenvalue weighted by Crippen LogP contribution is 2.36. The monoisotopic (exact) mass is 550 g/mol. The molecule has 0 aliphatic carbocycles. The quantitative estimate of drug-likeness (QED) is 0.143. The molecule has 0 amide bonds. The average molecular weight is 550 g/mol. The van der Waals surface area contributed by atoms with E-state index in [1.54, 1.807) is 31.2 Å². The van der Waals surface area contributed by atoms with Crippen LogP contribution in [0.4, 0.5) is 5.69 Å². The van der Waals surface area contributed by atoms with Crippen molar-refractivity contribution in [3.63, 3.8) is 0 Å². The Kier molecular flexibility index (Phi) is 7.49. The lowest BCUT2D eigenvalue weighted by atomic mass is 10.1.